The molecule has 0 radical (unpaired) electrons. The molecule has 0 atom stereocenters. The van der Waals surface area contributed by atoms with Crippen molar-refractivity contribution in [3.05, 3.63) is 16.1 Å². The van der Waals surface area contributed by atoms with Gasteiger partial charge in [-0.25, -0.2) is 4.98 Å². The number of carbonyl (C=O) groups excluding carboxylic acids is 1. The van der Waals surface area contributed by atoms with E-state index in [0.717, 1.165) is 36.9 Å². The lowest BCUT2D eigenvalue weighted by molar-refractivity contribution is -0.122. The zero-order valence-electron chi connectivity index (χ0n) is 14.1. The van der Waals surface area contributed by atoms with Gasteiger partial charge in [-0.3, -0.25) is 14.7 Å². The lowest BCUT2D eigenvalue weighted by Crippen LogP contribution is -2.49. The number of likely N-dealkylation sites (N-methyl/N-ethyl adjacent to an activating group) is 1. The Kier molecular flexibility index (Phi) is 6.79. The van der Waals surface area contributed by atoms with Gasteiger partial charge in [0.25, 0.3) is 0 Å². The maximum absolute atomic E-state index is 11.4. The number of rotatable bonds is 5. The first-order chi connectivity index (χ1) is 11.1. The number of thiazole rings is 1. The molecule has 3 N–H and O–H groups in total. The van der Waals surface area contributed by atoms with Gasteiger partial charge in [-0.1, -0.05) is 0 Å². The average Bonchev–Trinajstić information content (AvgIpc) is 2.98. The topological polar surface area (TPSA) is 81.7 Å². The van der Waals surface area contributed by atoms with Gasteiger partial charge in [-0.2, -0.15) is 0 Å². The zero-order valence-corrected chi connectivity index (χ0v) is 14.9. The SMILES string of the molecule is CN=C(NCc1ncc(C)s1)NC1CCN(CC(=O)NC)CC1. The Bertz CT molecular complexity index is 536. The fraction of sp³-hybridized carbons (Fsp3) is 0.667. The highest BCUT2D eigenvalue weighted by Crippen LogP contribution is 2.11. The summed E-state index contributed by atoms with van der Waals surface area (Å²) in [5, 5.41) is 10.5. The molecule has 0 bridgehead atoms. The van der Waals surface area contributed by atoms with Crippen molar-refractivity contribution in [2.45, 2.75) is 32.4 Å². The molecule has 1 aliphatic heterocycles. The number of hydrogen-bond donors (Lipinski definition) is 3. The predicted molar refractivity (Wildman–Crippen MR) is 93.7 cm³/mol. The van der Waals surface area contributed by atoms with Crippen LogP contribution in [-0.2, 0) is 11.3 Å². The summed E-state index contributed by atoms with van der Waals surface area (Å²) in [5.74, 6) is 0.884. The van der Waals surface area contributed by atoms with Crippen LogP contribution in [-0.4, -0.2) is 61.5 Å². The van der Waals surface area contributed by atoms with E-state index < -0.39 is 0 Å². The van der Waals surface area contributed by atoms with Crippen LogP contribution in [0.2, 0.25) is 0 Å². The molecule has 0 unspecified atom stereocenters. The molecule has 128 valence electrons. The molecule has 1 amide bonds. The molecular formula is C15H26N6OS. The number of piperidine rings is 1. The van der Waals surface area contributed by atoms with Crippen LogP contribution in [0.4, 0.5) is 0 Å². The summed E-state index contributed by atoms with van der Waals surface area (Å²) in [4.78, 5) is 23.4. The van der Waals surface area contributed by atoms with Crippen LogP contribution >= 0.6 is 11.3 Å². The molecule has 0 spiro atoms. The normalized spacial score (nSPS) is 17.1. The molecular weight excluding hydrogens is 312 g/mol. The highest BCUT2D eigenvalue weighted by molar-refractivity contribution is 7.11. The fourth-order valence-electron chi connectivity index (χ4n) is 2.55. The van der Waals surface area contributed by atoms with Crippen molar-refractivity contribution in [3.63, 3.8) is 0 Å². The lowest BCUT2D eigenvalue weighted by atomic mass is 10.1. The number of aryl methyl sites for hydroxylation is 1. The van der Waals surface area contributed by atoms with E-state index >= 15 is 0 Å². The summed E-state index contributed by atoms with van der Waals surface area (Å²) < 4.78 is 0. The number of aliphatic imine (C=N–C) groups is 1. The average molecular weight is 338 g/mol. The van der Waals surface area contributed by atoms with Crippen LogP contribution in [0.3, 0.4) is 0 Å². The minimum Gasteiger partial charge on any atom is -0.358 e. The molecule has 1 aliphatic rings. The third kappa shape index (κ3) is 5.80. The standard InChI is InChI=1S/C15H26N6OS/c1-11-8-18-14(23-11)9-19-15(17-3)20-12-4-6-21(7-5-12)10-13(22)16-2/h8,12H,4-7,9-10H2,1-3H3,(H,16,22)(H2,17,19,20). The summed E-state index contributed by atoms with van der Waals surface area (Å²) in [5.41, 5.74) is 0. The van der Waals surface area contributed by atoms with Crippen LogP contribution in [0.15, 0.2) is 11.2 Å². The zero-order chi connectivity index (χ0) is 16.7. The molecule has 2 heterocycles. The minimum absolute atomic E-state index is 0.0765. The molecule has 1 aromatic rings. The number of nitrogens with one attached hydrogen (secondary N) is 3. The number of aromatic nitrogens is 1. The second-order valence-electron chi connectivity index (χ2n) is 5.66. The first kappa shape index (κ1) is 17.7. The Morgan fingerprint density at radius 2 is 2.22 bits per heavy atom. The van der Waals surface area contributed by atoms with Gasteiger partial charge in [-0.15, -0.1) is 11.3 Å². The van der Waals surface area contributed by atoms with E-state index in [9.17, 15) is 4.79 Å². The number of nitrogens with zero attached hydrogens (tertiary/aromatic N) is 3. The van der Waals surface area contributed by atoms with Crippen LogP contribution < -0.4 is 16.0 Å². The van der Waals surface area contributed by atoms with Gasteiger partial charge in [0.15, 0.2) is 5.96 Å². The molecule has 1 saturated heterocycles. The van der Waals surface area contributed by atoms with Crippen molar-refractivity contribution in [1.82, 2.24) is 25.8 Å². The van der Waals surface area contributed by atoms with Crippen molar-refractivity contribution >= 4 is 23.2 Å². The van der Waals surface area contributed by atoms with Crippen molar-refractivity contribution in [2.24, 2.45) is 4.99 Å². The van der Waals surface area contributed by atoms with Crippen LogP contribution in [0.1, 0.15) is 22.7 Å². The maximum atomic E-state index is 11.4. The third-order valence-corrected chi connectivity index (χ3v) is 4.79. The second-order valence-corrected chi connectivity index (χ2v) is 6.98. The number of likely N-dealkylation sites (tertiary alicyclic amines) is 1. The Morgan fingerprint density at radius 3 is 2.78 bits per heavy atom. The lowest BCUT2D eigenvalue weighted by Gasteiger charge is -2.32. The first-order valence-electron chi connectivity index (χ1n) is 7.92. The molecule has 0 aliphatic carbocycles. The van der Waals surface area contributed by atoms with E-state index in [0.29, 0.717) is 19.1 Å². The van der Waals surface area contributed by atoms with Crippen molar-refractivity contribution in [3.8, 4) is 0 Å². The fourth-order valence-corrected chi connectivity index (χ4v) is 3.27. The molecule has 0 saturated carbocycles. The summed E-state index contributed by atoms with van der Waals surface area (Å²) in [6.45, 7) is 5.08. The maximum Gasteiger partial charge on any atom is 0.233 e. The van der Waals surface area contributed by atoms with Crippen molar-refractivity contribution in [2.75, 3.05) is 33.7 Å². The highest BCUT2D eigenvalue weighted by Gasteiger charge is 2.21. The van der Waals surface area contributed by atoms with Gasteiger partial charge in [0.1, 0.15) is 5.01 Å². The van der Waals surface area contributed by atoms with Crippen LogP contribution in [0.5, 0.6) is 0 Å². The van der Waals surface area contributed by atoms with E-state index in [1.807, 2.05) is 6.20 Å². The van der Waals surface area contributed by atoms with Gasteiger partial charge in [0.05, 0.1) is 13.1 Å². The number of guanidine groups is 1. The summed E-state index contributed by atoms with van der Waals surface area (Å²) in [6, 6.07) is 0.389. The number of amides is 1. The Labute approximate surface area is 141 Å². The van der Waals surface area contributed by atoms with Crippen LogP contribution in [0.25, 0.3) is 0 Å². The van der Waals surface area contributed by atoms with Crippen molar-refractivity contribution in [1.29, 1.82) is 0 Å². The molecule has 2 rings (SSSR count). The van der Waals surface area contributed by atoms with E-state index in [4.69, 9.17) is 0 Å². The predicted octanol–water partition coefficient (Wildman–Crippen LogP) is 0.327. The van der Waals surface area contributed by atoms with E-state index in [1.165, 1.54) is 4.88 Å². The van der Waals surface area contributed by atoms with Gasteiger partial charge in [0.2, 0.25) is 5.91 Å². The monoisotopic (exact) mass is 338 g/mol. The number of hydrogen-bond acceptors (Lipinski definition) is 5. The van der Waals surface area contributed by atoms with Gasteiger partial charge in [-0.05, 0) is 19.8 Å². The molecule has 1 fully saturated rings. The summed E-state index contributed by atoms with van der Waals surface area (Å²) >= 11 is 1.69. The quantitative estimate of drug-likeness (QED) is 0.532. The van der Waals surface area contributed by atoms with Crippen molar-refractivity contribution < 1.29 is 4.79 Å². The Morgan fingerprint density at radius 1 is 1.48 bits per heavy atom. The Balaban J connectivity index is 1.72. The minimum atomic E-state index is 0.0765. The molecule has 8 heteroatoms. The van der Waals surface area contributed by atoms with Gasteiger partial charge < -0.3 is 16.0 Å². The Hall–Kier alpha value is -1.67. The number of carbonyl (C=O) groups is 1. The molecule has 0 aromatic carbocycles. The summed E-state index contributed by atoms with van der Waals surface area (Å²) in [6.07, 6.45) is 3.90. The molecule has 23 heavy (non-hydrogen) atoms. The molecule has 7 nitrogen and oxygen atoms in total. The van der Waals surface area contributed by atoms with Crippen LogP contribution in [0, 0.1) is 6.92 Å². The first-order valence-corrected chi connectivity index (χ1v) is 8.73. The smallest absolute Gasteiger partial charge is 0.233 e. The highest BCUT2D eigenvalue weighted by atomic mass is 32.1. The largest absolute Gasteiger partial charge is 0.358 e. The van der Waals surface area contributed by atoms with Gasteiger partial charge >= 0.3 is 0 Å². The summed E-state index contributed by atoms with van der Waals surface area (Å²) in [7, 11) is 3.46. The van der Waals surface area contributed by atoms with Gasteiger partial charge in [0, 0.05) is 44.3 Å². The molecule has 1 aromatic heterocycles. The van der Waals surface area contributed by atoms with E-state index in [-0.39, 0.29) is 5.91 Å². The van der Waals surface area contributed by atoms with E-state index in [1.54, 1.807) is 25.4 Å². The second kappa shape index (κ2) is 8.83. The third-order valence-electron chi connectivity index (χ3n) is 3.87. The van der Waals surface area contributed by atoms with E-state index in [2.05, 4.69) is 37.8 Å².